The van der Waals surface area contributed by atoms with E-state index in [1.54, 1.807) is 35.2 Å². The van der Waals surface area contributed by atoms with Gasteiger partial charge in [-0.3, -0.25) is 9.59 Å². The van der Waals surface area contributed by atoms with Crippen molar-refractivity contribution in [3.05, 3.63) is 71.7 Å². The molecule has 0 fully saturated rings. The van der Waals surface area contributed by atoms with Crippen molar-refractivity contribution in [1.29, 1.82) is 0 Å². The topological polar surface area (TPSA) is 41.3 Å². The molecule has 128 valence electrons. The fourth-order valence-corrected chi connectivity index (χ4v) is 3.47. The van der Waals surface area contributed by atoms with Crippen LogP contribution in [0.25, 0.3) is 0 Å². The Hall–Kier alpha value is -2.75. The quantitative estimate of drug-likeness (QED) is 0.490. The molecule has 1 aromatic heterocycles. The van der Waals surface area contributed by atoms with Gasteiger partial charge in [0.25, 0.3) is 0 Å². The Labute approximate surface area is 148 Å². The minimum Gasteiger partial charge on any atom is -0.347 e. The summed E-state index contributed by atoms with van der Waals surface area (Å²) in [5.74, 6) is 0.000644. The van der Waals surface area contributed by atoms with E-state index in [9.17, 15) is 9.59 Å². The monoisotopic (exact) mass is 335 g/mol. The number of anilines is 1. The molecule has 0 spiro atoms. The number of ketones is 2. The van der Waals surface area contributed by atoms with Gasteiger partial charge in [-0.1, -0.05) is 32.0 Å². The maximum atomic E-state index is 12.6. The summed E-state index contributed by atoms with van der Waals surface area (Å²) in [5.41, 5.74) is 3.74. The fourth-order valence-electron chi connectivity index (χ4n) is 3.47. The van der Waals surface area contributed by atoms with Crippen LogP contribution in [-0.2, 0) is 16.8 Å². The second kappa shape index (κ2) is 6.28. The van der Waals surface area contributed by atoms with E-state index in [0.717, 1.165) is 11.4 Å². The van der Waals surface area contributed by atoms with Crippen molar-refractivity contribution in [1.82, 2.24) is 0 Å². The number of allylic oxidation sites excluding steroid dienone is 2. The first-order valence-electron chi connectivity index (χ1n) is 8.39. The summed E-state index contributed by atoms with van der Waals surface area (Å²) in [5, 5.41) is 0. The van der Waals surface area contributed by atoms with Crippen LogP contribution in [0.2, 0.25) is 0 Å². The Kier molecular flexibility index (Phi) is 4.29. The molecule has 0 saturated carbocycles. The Morgan fingerprint density at radius 1 is 1.16 bits per heavy atom. The maximum absolute atomic E-state index is 12.6. The molecule has 0 unspecified atom stereocenters. The van der Waals surface area contributed by atoms with Crippen molar-refractivity contribution in [3.8, 4) is 0 Å². The highest BCUT2D eigenvalue weighted by Crippen LogP contribution is 2.46. The van der Waals surface area contributed by atoms with Gasteiger partial charge in [0.1, 0.15) is 0 Å². The van der Waals surface area contributed by atoms with Crippen molar-refractivity contribution in [2.24, 2.45) is 0 Å². The van der Waals surface area contributed by atoms with Gasteiger partial charge < -0.3 is 4.90 Å². The molecule has 0 amide bonds. The van der Waals surface area contributed by atoms with E-state index >= 15 is 0 Å². The third kappa shape index (κ3) is 3.12. The molecule has 0 atom stereocenters. The number of fused-ring (bicyclic) bond motifs is 1. The van der Waals surface area contributed by atoms with Crippen LogP contribution >= 0.6 is 0 Å². The van der Waals surface area contributed by atoms with E-state index in [1.807, 2.05) is 19.2 Å². The molecule has 1 aliphatic heterocycles. The van der Waals surface area contributed by atoms with Gasteiger partial charge in [-0.2, -0.15) is 4.57 Å². The molecule has 2 aromatic rings. The molecule has 4 heteroatoms. The van der Waals surface area contributed by atoms with E-state index < -0.39 is 0 Å². The van der Waals surface area contributed by atoms with Crippen LogP contribution < -0.4 is 9.47 Å². The van der Waals surface area contributed by atoms with Crippen molar-refractivity contribution in [2.45, 2.75) is 32.7 Å². The molecular weight excluding hydrogens is 312 g/mol. The summed E-state index contributed by atoms with van der Waals surface area (Å²) in [6, 6.07) is 11.8. The molecule has 0 aliphatic carbocycles. The van der Waals surface area contributed by atoms with Gasteiger partial charge in [-0.15, -0.1) is 0 Å². The SMILES string of the molecule is CC(=O)c1ccc[n+](CC(=O)/C=C2\N(C)c3ccccc3C2(C)C)c1. The molecule has 1 aliphatic rings. The fraction of sp³-hybridized carbons (Fsp3) is 0.286. The largest absolute Gasteiger partial charge is 0.347 e. The van der Waals surface area contributed by atoms with E-state index in [1.165, 1.54) is 12.5 Å². The molecule has 3 rings (SSSR count). The van der Waals surface area contributed by atoms with Crippen molar-refractivity contribution >= 4 is 17.3 Å². The van der Waals surface area contributed by atoms with Crippen LogP contribution in [0.3, 0.4) is 0 Å². The first-order valence-corrected chi connectivity index (χ1v) is 8.39. The molecule has 2 heterocycles. The van der Waals surface area contributed by atoms with Gasteiger partial charge in [-0.25, -0.2) is 0 Å². The minimum absolute atomic E-state index is 0.00716. The molecule has 0 N–H and O–H groups in total. The number of para-hydroxylation sites is 1. The van der Waals surface area contributed by atoms with E-state index in [2.05, 4.69) is 30.9 Å². The smallest absolute Gasteiger partial charge is 0.222 e. The van der Waals surface area contributed by atoms with Crippen molar-refractivity contribution in [2.75, 3.05) is 11.9 Å². The second-order valence-corrected chi connectivity index (χ2v) is 7.02. The number of benzene rings is 1. The Balaban J connectivity index is 1.87. The van der Waals surface area contributed by atoms with Gasteiger partial charge in [0.15, 0.2) is 18.2 Å². The lowest BCUT2D eigenvalue weighted by Crippen LogP contribution is -2.38. The average Bonchev–Trinajstić information content (AvgIpc) is 2.76. The summed E-state index contributed by atoms with van der Waals surface area (Å²) in [6.45, 7) is 6.01. The zero-order valence-corrected chi connectivity index (χ0v) is 15.1. The third-order valence-electron chi connectivity index (χ3n) is 4.84. The molecular formula is C21H23N2O2+. The number of pyridine rings is 1. The summed E-state index contributed by atoms with van der Waals surface area (Å²) in [6.07, 6.45) is 5.26. The number of nitrogens with zero attached hydrogens (tertiary/aromatic N) is 2. The van der Waals surface area contributed by atoms with Crippen molar-refractivity contribution < 1.29 is 14.2 Å². The number of aromatic nitrogens is 1. The van der Waals surface area contributed by atoms with Gasteiger partial charge in [0.05, 0.1) is 5.56 Å². The highest BCUT2D eigenvalue weighted by molar-refractivity contribution is 5.93. The van der Waals surface area contributed by atoms with E-state index in [0.29, 0.717) is 5.56 Å². The van der Waals surface area contributed by atoms with Crippen LogP contribution in [0.4, 0.5) is 5.69 Å². The summed E-state index contributed by atoms with van der Waals surface area (Å²) in [7, 11) is 2.00. The third-order valence-corrected chi connectivity index (χ3v) is 4.84. The number of hydrogen-bond donors (Lipinski definition) is 0. The normalized spacial score (nSPS) is 16.8. The average molecular weight is 335 g/mol. The Morgan fingerprint density at radius 3 is 2.56 bits per heavy atom. The lowest BCUT2D eigenvalue weighted by atomic mass is 9.83. The van der Waals surface area contributed by atoms with Crippen molar-refractivity contribution in [3.63, 3.8) is 0 Å². The predicted molar refractivity (Wildman–Crippen MR) is 97.6 cm³/mol. The summed E-state index contributed by atoms with van der Waals surface area (Å²) >= 11 is 0. The lowest BCUT2D eigenvalue weighted by Gasteiger charge is -2.23. The molecule has 0 radical (unpaired) electrons. The lowest BCUT2D eigenvalue weighted by molar-refractivity contribution is -0.684. The highest BCUT2D eigenvalue weighted by Gasteiger charge is 2.38. The van der Waals surface area contributed by atoms with Crippen LogP contribution in [0.5, 0.6) is 0 Å². The van der Waals surface area contributed by atoms with Gasteiger partial charge >= 0.3 is 0 Å². The molecule has 1 aromatic carbocycles. The van der Waals surface area contributed by atoms with Crippen LogP contribution in [0.1, 0.15) is 36.7 Å². The number of carbonyl (C=O) groups is 2. The Morgan fingerprint density at radius 2 is 1.88 bits per heavy atom. The van der Waals surface area contributed by atoms with Gasteiger partial charge in [0, 0.05) is 36.0 Å². The Bertz CT molecular complexity index is 881. The van der Waals surface area contributed by atoms with E-state index in [4.69, 9.17) is 0 Å². The molecule has 25 heavy (non-hydrogen) atoms. The zero-order chi connectivity index (χ0) is 18.2. The summed E-state index contributed by atoms with van der Waals surface area (Å²) < 4.78 is 1.76. The number of Topliss-reactive ketones (excluding diaryl/α,β-unsaturated/α-hetero) is 1. The number of carbonyl (C=O) groups excluding carboxylic acids is 2. The van der Waals surface area contributed by atoms with Gasteiger partial charge in [-0.05, 0) is 24.6 Å². The number of likely N-dealkylation sites (N-methyl/N-ethyl adjacent to an activating group) is 1. The summed E-state index contributed by atoms with van der Waals surface area (Å²) in [4.78, 5) is 26.2. The van der Waals surface area contributed by atoms with Crippen LogP contribution in [-0.4, -0.2) is 18.6 Å². The second-order valence-electron chi connectivity index (χ2n) is 7.02. The predicted octanol–water partition coefficient (Wildman–Crippen LogP) is 3.06. The number of hydrogen-bond acceptors (Lipinski definition) is 3. The molecule has 0 saturated heterocycles. The van der Waals surface area contributed by atoms with E-state index in [-0.39, 0.29) is 23.5 Å². The molecule has 0 bridgehead atoms. The highest BCUT2D eigenvalue weighted by atomic mass is 16.1. The zero-order valence-electron chi connectivity index (χ0n) is 15.1. The van der Waals surface area contributed by atoms with Gasteiger partial charge in [0.2, 0.25) is 12.3 Å². The van der Waals surface area contributed by atoms with Crippen LogP contribution in [0, 0.1) is 0 Å². The molecule has 4 nitrogen and oxygen atoms in total. The number of rotatable bonds is 4. The first-order chi connectivity index (χ1) is 11.8. The maximum Gasteiger partial charge on any atom is 0.222 e. The minimum atomic E-state index is -0.215. The van der Waals surface area contributed by atoms with Crippen LogP contribution in [0.15, 0.2) is 60.6 Å². The first kappa shape index (κ1) is 17.1. The standard InChI is InChI=1S/C21H23N2O2/c1-15(24)16-8-7-11-23(13-16)14-17(25)12-20-21(2,3)18-9-5-6-10-19(18)22(20)4/h5-13H,14H2,1-4H3/q+1/b20-12-.